The Hall–Kier alpha value is -1.11. The smallest absolute Gasteiger partial charge is 0.320 e. The Morgan fingerprint density at radius 1 is 1.40 bits per heavy atom. The van der Waals surface area contributed by atoms with Crippen LogP contribution in [-0.4, -0.2) is 62.9 Å². The number of hydrogen-bond donors (Lipinski definition) is 1. The van der Waals surface area contributed by atoms with Gasteiger partial charge in [0.15, 0.2) is 0 Å². The average Bonchev–Trinajstić information content (AvgIpc) is 2.65. The van der Waals surface area contributed by atoms with Crippen molar-refractivity contribution in [3.05, 3.63) is 16.4 Å². The van der Waals surface area contributed by atoms with E-state index in [1.54, 1.807) is 6.92 Å². The fraction of sp³-hybridized carbons (Fsp3) is 0.692. The fourth-order valence-corrected chi connectivity index (χ4v) is 2.75. The molecule has 0 aromatic carbocycles. The van der Waals surface area contributed by atoms with Gasteiger partial charge in [-0.05, 0) is 13.8 Å². The lowest BCUT2D eigenvalue weighted by Gasteiger charge is -2.36. The molecule has 1 saturated heterocycles. The summed E-state index contributed by atoms with van der Waals surface area (Å²) in [5.41, 5.74) is 1.87. The summed E-state index contributed by atoms with van der Waals surface area (Å²) in [5, 5.41) is 14.1. The summed E-state index contributed by atoms with van der Waals surface area (Å²) in [6.07, 6.45) is 0. The Balaban J connectivity index is 1.93. The van der Waals surface area contributed by atoms with Crippen LogP contribution in [0.4, 0.5) is 0 Å². The summed E-state index contributed by atoms with van der Waals surface area (Å²) < 4.78 is 1.82. The highest BCUT2D eigenvalue weighted by Crippen LogP contribution is 2.21. The number of aromatic nitrogens is 2. The average molecular weight is 301 g/mol. The molecular formula is C13H21ClN4O2. The van der Waals surface area contributed by atoms with E-state index in [-0.39, 0.29) is 0 Å². The zero-order chi connectivity index (χ0) is 14.9. The lowest BCUT2D eigenvalue weighted by atomic mass is 10.2. The summed E-state index contributed by atoms with van der Waals surface area (Å²) in [6.45, 7) is 7.61. The number of piperazine rings is 1. The van der Waals surface area contributed by atoms with Gasteiger partial charge in [-0.3, -0.25) is 19.3 Å². The predicted octanol–water partition coefficient (Wildman–Crippen LogP) is 0.973. The van der Waals surface area contributed by atoms with Gasteiger partial charge < -0.3 is 5.11 Å². The van der Waals surface area contributed by atoms with Crippen LogP contribution in [0.25, 0.3) is 0 Å². The normalized spacial score (nSPS) is 19.2. The van der Waals surface area contributed by atoms with Crippen LogP contribution in [0.15, 0.2) is 0 Å². The molecular weight excluding hydrogens is 280 g/mol. The van der Waals surface area contributed by atoms with Crippen molar-refractivity contribution in [3.8, 4) is 0 Å². The van der Waals surface area contributed by atoms with Crippen LogP contribution in [0.5, 0.6) is 0 Å². The van der Waals surface area contributed by atoms with Gasteiger partial charge in [-0.15, -0.1) is 0 Å². The Kier molecular flexibility index (Phi) is 4.67. The van der Waals surface area contributed by atoms with Gasteiger partial charge in [0.25, 0.3) is 0 Å². The number of rotatable bonds is 4. The predicted molar refractivity (Wildman–Crippen MR) is 76.9 cm³/mol. The Morgan fingerprint density at radius 2 is 2.00 bits per heavy atom. The van der Waals surface area contributed by atoms with Crippen LogP contribution in [0, 0.1) is 6.92 Å². The quantitative estimate of drug-likeness (QED) is 0.898. The van der Waals surface area contributed by atoms with Crippen LogP contribution in [0.2, 0.25) is 5.02 Å². The summed E-state index contributed by atoms with van der Waals surface area (Å²) >= 11 is 6.26. The van der Waals surface area contributed by atoms with Gasteiger partial charge in [0.2, 0.25) is 0 Å². The van der Waals surface area contributed by atoms with Crippen LogP contribution in [-0.2, 0) is 18.4 Å². The molecule has 1 aromatic rings. The zero-order valence-corrected chi connectivity index (χ0v) is 12.9. The molecule has 1 unspecified atom stereocenters. The molecule has 112 valence electrons. The molecule has 7 heteroatoms. The highest BCUT2D eigenvalue weighted by Gasteiger charge is 2.26. The third kappa shape index (κ3) is 3.13. The molecule has 1 atom stereocenters. The fourth-order valence-electron chi connectivity index (χ4n) is 2.53. The van der Waals surface area contributed by atoms with Crippen LogP contribution in [0.1, 0.15) is 18.3 Å². The highest BCUT2D eigenvalue weighted by atomic mass is 35.5. The van der Waals surface area contributed by atoms with Crippen molar-refractivity contribution in [1.29, 1.82) is 0 Å². The van der Waals surface area contributed by atoms with E-state index in [2.05, 4.69) is 10.00 Å². The number of carboxylic acid groups (broad SMARTS) is 1. The molecule has 0 aliphatic carbocycles. The molecule has 0 spiro atoms. The molecule has 0 bridgehead atoms. The maximum absolute atomic E-state index is 11.0. The maximum atomic E-state index is 11.0. The Labute approximate surface area is 123 Å². The maximum Gasteiger partial charge on any atom is 0.320 e. The van der Waals surface area contributed by atoms with Gasteiger partial charge in [-0.2, -0.15) is 5.10 Å². The van der Waals surface area contributed by atoms with Crippen molar-refractivity contribution in [2.75, 3.05) is 26.2 Å². The van der Waals surface area contributed by atoms with Crippen molar-refractivity contribution >= 4 is 17.6 Å². The Bertz CT molecular complexity index is 495. The SMILES string of the molecule is Cc1nn(C)c(CN2CCN(C(C)C(=O)O)CC2)c1Cl. The van der Waals surface area contributed by atoms with Crippen molar-refractivity contribution < 1.29 is 9.90 Å². The summed E-state index contributed by atoms with van der Waals surface area (Å²) in [7, 11) is 1.90. The van der Waals surface area contributed by atoms with E-state index < -0.39 is 12.0 Å². The minimum Gasteiger partial charge on any atom is -0.480 e. The summed E-state index contributed by atoms with van der Waals surface area (Å²) in [4.78, 5) is 15.3. The summed E-state index contributed by atoms with van der Waals surface area (Å²) in [6, 6.07) is -0.417. The molecule has 1 aliphatic heterocycles. The van der Waals surface area contributed by atoms with E-state index in [1.165, 1.54) is 0 Å². The minimum atomic E-state index is -0.760. The molecule has 2 rings (SSSR count). The molecule has 1 fully saturated rings. The van der Waals surface area contributed by atoms with Crippen molar-refractivity contribution in [3.63, 3.8) is 0 Å². The molecule has 6 nitrogen and oxygen atoms in total. The lowest BCUT2D eigenvalue weighted by Crippen LogP contribution is -2.51. The monoisotopic (exact) mass is 300 g/mol. The highest BCUT2D eigenvalue weighted by molar-refractivity contribution is 6.31. The molecule has 0 radical (unpaired) electrons. The number of nitrogens with zero attached hydrogens (tertiary/aromatic N) is 4. The molecule has 1 N–H and O–H groups in total. The molecule has 20 heavy (non-hydrogen) atoms. The van der Waals surface area contributed by atoms with Gasteiger partial charge in [-0.1, -0.05) is 11.6 Å². The van der Waals surface area contributed by atoms with Crippen LogP contribution < -0.4 is 0 Å². The van der Waals surface area contributed by atoms with E-state index in [4.69, 9.17) is 16.7 Å². The molecule has 1 aliphatic rings. The van der Waals surface area contributed by atoms with Gasteiger partial charge in [0.1, 0.15) is 6.04 Å². The van der Waals surface area contributed by atoms with Gasteiger partial charge >= 0.3 is 5.97 Å². The van der Waals surface area contributed by atoms with Crippen molar-refractivity contribution in [2.45, 2.75) is 26.4 Å². The molecule has 2 heterocycles. The second-order valence-corrected chi connectivity index (χ2v) is 5.67. The number of carboxylic acids is 1. The van der Waals surface area contributed by atoms with Gasteiger partial charge in [0.05, 0.1) is 16.4 Å². The van der Waals surface area contributed by atoms with Crippen LogP contribution >= 0.6 is 11.6 Å². The second kappa shape index (κ2) is 6.11. The van der Waals surface area contributed by atoms with E-state index in [0.29, 0.717) is 0 Å². The first-order valence-electron chi connectivity index (χ1n) is 6.77. The molecule has 1 aromatic heterocycles. The van der Waals surface area contributed by atoms with E-state index >= 15 is 0 Å². The first-order valence-corrected chi connectivity index (χ1v) is 7.15. The topological polar surface area (TPSA) is 61.6 Å². The number of aryl methyl sites for hydroxylation is 2. The largest absolute Gasteiger partial charge is 0.480 e. The number of halogens is 1. The third-order valence-electron chi connectivity index (χ3n) is 3.95. The van der Waals surface area contributed by atoms with E-state index in [9.17, 15) is 4.79 Å². The summed E-state index contributed by atoms with van der Waals surface area (Å²) in [5.74, 6) is -0.760. The van der Waals surface area contributed by atoms with Gasteiger partial charge in [-0.25, -0.2) is 0 Å². The zero-order valence-electron chi connectivity index (χ0n) is 12.1. The number of carbonyl (C=O) groups is 1. The first-order chi connectivity index (χ1) is 9.40. The van der Waals surface area contributed by atoms with Crippen molar-refractivity contribution in [1.82, 2.24) is 19.6 Å². The number of aliphatic carboxylic acids is 1. The Morgan fingerprint density at radius 3 is 2.45 bits per heavy atom. The lowest BCUT2D eigenvalue weighted by molar-refractivity contribution is -0.143. The van der Waals surface area contributed by atoms with Gasteiger partial charge in [0, 0.05) is 39.8 Å². The van der Waals surface area contributed by atoms with Crippen LogP contribution in [0.3, 0.4) is 0 Å². The third-order valence-corrected chi connectivity index (χ3v) is 4.44. The minimum absolute atomic E-state index is 0.417. The number of hydrogen-bond acceptors (Lipinski definition) is 4. The first kappa shape index (κ1) is 15.3. The molecule has 0 amide bonds. The standard InChI is InChI=1S/C13H21ClN4O2/c1-9-12(14)11(16(3)15-9)8-17-4-6-18(7-5-17)10(2)13(19)20/h10H,4-8H2,1-3H3,(H,19,20). The van der Waals surface area contributed by atoms with E-state index in [1.807, 2.05) is 23.6 Å². The van der Waals surface area contributed by atoms with Crippen molar-refractivity contribution in [2.24, 2.45) is 7.05 Å². The molecule has 0 saturated carbocycles. The second-order valence-electron chi connectivity index (χ2n) is 5.30. The van der Waals surface area contributed by atoms with E-state index in [0.717, 1.165) is 49.1 Å².